The van der Waals surface area contributed by atoms with Crippen molar-refractivity contribution in [1.82, 2.24) is 4.98 Å². The van der Waals surface area contributed by atoms with E-state index in [-0.39, 0.29) is 11.5 Å². The Balaban J connectivity index is 1.45. The Morgan fingerprint density at radius 3 is 2.40 bits per heavy atom. The van der Waals surface area contributed by atoms with Crippen molar-refractivity contribution in [1.29, 1.82) is 0 Å². The molecule has 0 aliphatic carbocycles. The summed E-state index contributed by atoms with van der Waals surface area (Å²) in [7, 11) is 0. The van der Waals surface area contributed by atoms with E-state index in [9.17, 15) is 27.6 Å². The number of alkyl halides is 3. The van der Waals surface area contributed by atoms with Gasteiger partial charge < -0.3 is 9.72 Å². The van der Waals surface area contributed by atoms with Gasteiger partial charge in [0.1, 0.15) is 17.6 Å². The van der Waals surface area contributed by atoms with Gasteiger partial charge in [0.25, 0.3) is 0 Å². The quantitative estimate of drug-likeness (QED) is 0.286. The van der Waals surface area contributed by atoms with Crippen LogP contribution in [-0.4, -0.2) is 22.0 Å². The molecule has 3 unspecified atom stereocenters. The van der Waals surface area contributed by atoms with Gasteiger partial charge >= 0.3 is 11.0 Å². The third kappa shape index (κ3) is 4.43. The molecule has 6 nitrogen and oxygen atoms in total. The van der Waals surface area contributed by atoms with Crippen molar-refractivity contribution >= 4 is 40.6 Å². The molecular weight excluding hydrogens is 561 g/mol. The Hall–Kier alpha value is -3.83. The van der Waals surface area contributed by atoms with Crippen molar-refractivity contribution in [2.75, 3.05) is 4.90 Å². The topological polar surface area (TPSA) is 79.5 Å². The first kappa shape index (κ1) is 26.4. The zero-order chi connectivity index (χ0) is 28.2. The third-order valence-electron chi connectivity index (χ3n) is 7.17. The van der Waals surface area contributed by atoms with Gasteiger partial charge in [0.2, 0.25) is 11.8 Å². The number of amides is 2. The summed E-state index contributed by atoms with van der Waals surface area (Å²) in [5.74, 6) is -2.86. The van der Waals surface area contributed by atoms with E-state index in [1.807, 2.05) is 31.2 Å². The molecule has 11 heteroatoms. The number of carbonyl (C=O) groups is 2. The van der Waals surface area contributed by atoms with Crippen molar-refractivity contribution in [2.24, 2.45) is 5.92 Å². The predicted octanol–water partition coefficient (Wildman–Crippen LogP) is 6.14. The Morgan fingerprint density at radius 2 is 1.62 bits per heavy atom. The van der Waals surface area contributed by atoms with Crippen LogP contribution < -0.4 is 14.5 Å². The highest BCUT2D eigenvalue weighted by Gasteiger charge is 2.57. The molecule has 3 heterocycles. The lowest BCUT2D eigenvalue weighted by Crippen LogP contribution is -2.33. The average molecular weight is 583 g/mol. The van der Waals surface area contributed by atoms with Crippen LogP contribution in [0, 0.1) is 12.8 Å². The number of imide groups is 1. The van der Waals surface area contributed by atoms with E-state index in [0.717, 1.165) is 46.4 Å². The summed E-state index contributed by atoms with van der Waals surface area (Å²) < 4.78 is 47.8. The van der Waals surface area contributed by atoms with E-state index in [0.29, 0.717) is 26.1 Å². The van der Waals surface area contributed by atoms with Crippen molar-refractivity contribution in [3.8, 4) is 5.75 Å². The summed E-state index contributed by atoms with van der Waals surface area (Å²) >= 11 is 1.94. The monoisotopic (exact) mass is 582 g/mol. The van der Waals surface area contributed by atoms with Gasteiger partial charge in [-0.3, -0.25) is 14.4 Å². The lowest BCUT2D eigenvalue weighted by Gasteiger charge is -2.31. The fourth-order valence-electron chi connectivity index (χ4n) is 5.29. The van der Waals surface area contributed by atoms with E-state index in [4.69, 9.17) is 4.74 Å². The minimum absolute atomic E-state index is 0.243. The number of nitrogens with zero attached hydrogens (tertiary/aromatic N) is 1. The van der Waals surface area contributed by atoms with E-state index in [1.54, 1.807) is 24.3 Å². The number of fused-ring (bicyclic) bond motifs is 2. The minimum atomic E-state index is -4.77. The van der Waals surface area contributed by atoms with E-state index >= 15 is 0 Å². The highest BCUT2D eigenvalue weighted by Crippen LogP contribution is 2.55. The molecule has 0 saturated carbocycles. The highest BCUT2D eigenvalue weighted by molar-refractivity contribution is 8.00. The molecular formula is C29H21F3N2O4S2. The number of benzene rings is 3. The van der Waals surface area contributed by atoms with Crippen LogP contribution in [0.5, 0.6) is 5.75 Å². The molecule has 0 bridgehead atoms. The number of aromatic nitrogens is 1. The molecule has 204 valence electrons. The van der Waals surface area contributed by atoms with Crippen LogP contribution in [0.25, 0.3) is 0 Å². The van der Waals surface area contributed by atoms with Crippen molar-refractivity contribution in [3.05, 3.63) is 110 Å². The van der Waals surface area contributed by atoms with Crippen LogP contribution in [0.4, 0.5) is 18.9 Å². The summed E-state index contributed by atoms with van der Waals surface area (Å²) in [5.41, 5.74) is 1.01. The molecule has 40 heavy (non-hydrogen) atoms. The average Bonchev–Trinajstić information content (AvgIpc) is 3.42. The number of thiazole rings is 1. The third-order valence-corrected chi connectivity index (χ3v) is 9.57. The Kier molecular flexibility index (Phi) is 6.58. The molecule has 2 aliphatic heterocycles. The zero-order valence-electron chi connectivity index (χ0n) is 20.9. The lowest BCUT2D eigenvalue weighted by atomic mass is 9.82. The molecule has 2 amide bonds. The first-order valence-corrected chi connectivity index (χ1v) is 14.0. The number of nitrogens with one attached hydrogen (secondary N) is 1. The van der Waals surface area contributed by atoms with Crippen LogP contribution in [0.15, 0.2) is 82.6 Å². The number of hydrogen-bond donors (Lipinski definition) is 1. The Bertz CT molecular complexity index is 1700. The number of aromatic amines is 1. The van der Waals surface area contributed by atoms with Gasteiger partial charge in [0.15, 0.2) is 0 Å². The lowest BCUT2D eigenvalue weighted by molar-refractivity contribution is -0.137. The summed E-state index contributed by atoms with van der Waals surface area (Å²) in [6, 6.07) is 19.3. The summed E-state index contributed by atoms with van der Waals surface area (Å²) in [4.78, 5) is 43.6. The largest absolute Gasteiger partial charge is 0.489 e. The number of para-hydroxylation sites is 2. The van der Waals surface area contributed by atoms with Crippen LogP contribution in [-0.2, 0) is 22.4 Å². The van der Waals surface area contributed by atoms with Gasteiger partial charge in [-0.1, -0.05) is 77.7 Å². The molecule has 1 saturated heterocycles. The van der Waals surface area contributed by atoms with Crippen LogP contribution >= 0.6 is 23.1 Å². The maximum Gasteiger partial charge on any atom is 0.418 e. The molecule has 6 rings (SSSR count). The Morgan fingerprint density at radius 1 is 0.925 bits per heavy atom. The molecule has 1 fully saturated rings. The number of carbonyl (C=O) groups excluding carboxylic acids is 2. The van der Waals surface area contributed by atoms with Crippen molar-refractivity contribution in [3.63, 3.8) is 0 Å². The number of halogens is 3. The van der Waals surface area contributed by atoms with Gasteiger partial charge in [0.05, 0.1) is 22.2 Å². The summed E-state index contributed by atoms with van der Waals surface area (Å²) in [6.07, 6.45) is -4.77. The van der Waals surface area contributed by atoms with E-state index in [1.165, 1.54) is 12.1 Å². The Labute approximate surface area is 234 Å². The summed E-state index contributed by atoms with van der Waals surface area (Å²) in [5, 5.41) is -0.594. The molecule has 2 aliphatic rings. The minimum Gasteiger partial charge on any atom is -0.489 e. The van der Waals surface area contributed by atoms with Crippen molar-refractivity contribution in [2.45, 2.75) is 35.9 Å². The normalized spacial score (nSPS) is 20.4. The van der Waals surface area contributed by atoms with Crippen LogP contribution in [0.2, 0.25) is 0 Å². The number of hydrogen-bond acceptors (Lipinski definition) is 6. The predicted molar refractivity (Wildman–Crippen MR) is 146 cm³/mol. The standard InChI is InChI=1S/C29H21F3N2O4S2/c1-15-8-2-3-9-16(15)14-38-20-13-7-4-10-17(20)21-22-24(39-25-23(21)40-28(37)33-25)27(36)34(26(22)35)19-12-6-5-11-18(19)29(30,31)32/h2-13,21-22,24H,14H2,1H3,(H,33,37). The van der Waals surface area contributed by atoms with Gasteiger partial charge in [-0.2, -0.15) is 13.2 Å². The highest BCUT2D eigenvalue weighted by atomic mass is 32.2. The first-order valence-electron chi connectivity index (χ1n) is 12.3. The maximum absolute atomic E-state index is 14.0. The van der Waals surface area contributed by atoms with Gasteiger partial charge in [0, 0.05) is 16.4 Å². The zero-order valence-corrected chi connectivity index (χ0v) is 22.5. The number of ether oxygens (including phenoxy) is 1. The molecule has 0 radical (unpaired) electrons. The molecule has 0 spiro atoms. The smallest absolute Gasteiger partial charge is 0.418 e. The van der Waals surface area contributed by atoms with Gasteiger partial charge in [-0.05, 0) is 36.2 Å². The number of aryl methyl sites for hydroxylation is 1. The molecule has 3 aromatic carbocycles. The van der Waals surface area contributed by atoms with E-state index in [2.05, 4.69) is 4.98 Å². The fourth-order valence-corrected chi connectivity index (χ4v) is 7.80. The van der Waals surface area contributed by atoms with E-state index < -0.39 is 46.3 Å². The first-order chi connectivity index (χ1) is 19.1. The second-order valence-corrected chi connectivity index (χ2v) is 11.7. The number of rotatable bonds is 5. The van der Waals surface area contributed by atoms with Crippen LogP contribution in [0.3, 0.4) is 0 Å². The van der Waals surface area contributed by atoms with Gasteiger partial charge in [-0.25, -0.2) is 4.90 Å². The second kappa shape index (κ2) is 9.97. The molecule has 4 aromatic rings. The number of anilines is 1. The molecule has 1 N–H and O–H groups in total. The van der Waals surface area contributed by atoms with Gasteiger partial charge in [-0.15, -0.1) is 0 Å². The maximum atomic E-state index is 14.0. The fraction of sp³-hybridized carbons (Fsp3) is 0.207. The van der Waals surface area contributed by atoms with Crippen molar-refractivity contribution < 1.29 is 27.5 Å². The second-order valence-electron chi connectivity index (χ2n) is 9.53. The van der Waals surface area contributed by atoms with Crippen LogP contribution in [0.1, 0.15) is 33.0 Å². The molecule has 3 atom stereocenters. The molecule has 1 aromatic heterocycles. The number of H-pyrrole nitrogens is 1. The summed E-state index contributed by atoms with van der Waals surface area (Å²) in [6.45, 7) is 2.21. The SMILES string of the molecule is Cc1ccccc1COc1ccccc1C1c2sc(=O)[nH]c2SC2C(=O)N(c3ccccc3C(F)(F)F)C(=O)C21. The number of thioether (sulfide) groups is 1.